The van der Waals surface area contributed by atoms with E-state index in [9.17, 15) is 40.7 Å². The van der Waals surface area contributed by atoms with Gasteiger partial charge in [0, 0.05) is 64.4 Å². The Kier molecular flexibility index (Phi) is 14.8. The number of imide groups is 1. The summed E-state index contributed by atoms with van der Waals surface area (Å²) in [5.41, 5.74) is 3.49. The van der Waals surface area contributed by atoms with E-state index >= 15 is 0 Å². The number of carbonyl (C=O) groups is 5. The number of aliphatic carboxylic acids is 2. The first-order chi connectivity index (χ1) is 22.7. The minimum Gasteiger partial charge on any atom is -0.475 e. The van der Waals surface area contributed by atoms with Gasteiger partial charge in [-0.3, -0.25) is 19.7 Å². The number of hydrogen-bond donors (Lipinski definition) is 5. The van der Waals surface area contributed by atoms with Gasteiger partial charge in [-0.2, -0.15) is 26.3 Å². The molecule has 19 heteroatoms. The topological polar surface area (TPSA) is 168 Å². The van der Waals surface area contributed by atoms with E-state index in [1.165, 1.54) is 0 Å². The maximum absolute atomic E-state index is 12.4. The molecule has 2 aliphatic rings. The van der Waals surface area contributed by atoms with Gasteiger partial charge < -0.3 is 30.6 Å². The van der Waals surface area contributed by atoms with Crippen LogP contribution < -0.4 is 20.9 Å². The van der Waals surface area contributed by atoms with E-state index in [-0.39, 0.29) is 17.7 Å². The fourth-order valence-corrected chi connectivity index (χ4v) is 4.80. The molecule has 268 valence electrons. The number of carbonyl (C=O) groups excluding carboxylic acids is 3. The van der Waals surface area contributed by atoms with Gasteiger partial charge in [0.2, 0.25) is 5.91 Å². The summed E-state index contributed by atoms with van der Waals surface area (Å²) in [7, 11) is 3.99. The Labute approximate surface area is 289 Å². The van der Waals surface area contributed by atoms with Gasteiger partial charge in [0.1, 0.15) is 0 Å². The number of nitrogens with zero attached hydrogens (tertiary/aromatic N) is 2. The fraction of sp³-hybridized carbons (Fsp3) is 0.367. The van der Waals surface area contributed by atoms with Crippen molar-refractivity contribution in [2.75, 3.05) is 50.5 Å². The normalized spacial score (nSPS) is 15.6. The van der Waals surface area contributed by atoms with Crippen molar-refractivity contribution in [2.45, 2.75) is 25.2 Å². The zero-order valence-electron chi connectivity index (χ0n) is 25.9. The highest BCUT2D eigenvalue weighted by molar-refractivity contribution is 14.1. The highest BCUT2D eigenvalue weighted by Gasteiger charge is 2.39. The van der Waals surface area contributed by atoms with Crippen LogP contribution in [0.3, 0.4) is 0 Å². The highest BCUT2D eigenvalue weighted by Crippen LogP contribution is 2.28. The van der Waals surface area contributed by atoms with E-state index in [2.05, 4.69) is 48.3 Å². The molecule has 3 amide bonds. The Balaban J connectivity index is 0.000000500. The Morgan fingerprint density at radius 1 is 0.918 bits per heavy atom. The lowest BCUT2D eigenvalue weighted by atomic mass is 9.95. The van der Waals surface area contributed by atoms with E-state index in [1.807, 2.05) is 50.5 Å². The summed E-state index contributed by atoms with van der Waals surface area (Å²) in [6.07, 6.45) is -6.84. The van der Waals surface area contributed by atoms with Gasteiger partial charge >= 0.3 is 24.3 Å². The van der Waals surface area contributed by atoms with Crippen LogP contribution in [0.4, 0.5) is 37.7 Å². The number of anilines is 2. The maximum atomic E-state index is 12.4. The van der Waals surface area contributed by atoms with Crippen LogP contribution in [-0.2, 0) is 19.2 Å². The number of likely N-dealkylation sites (N-methyl/N-ethyl adjacent to an activating group) is 1. The number of hydrogen-bond acceptors (Lipinski definition) is 8. The Morgan fingerprint density at radius 2 is 1.45 bits per heavy atom. The molecule has 2 aromatic rings. The molecule has 0 aromatic heterocycles. The molecular formula is C30H32F6IN5O7. The first-order valence-electron chi connectivity index (χ1n) is 14.2. The molecule has 0 radical (unpaired) electrons. The van der Waals surface area contributed by atoms with E-state index in [0.29, 0.717) is 23.2 Å². The van der Waals surface area contributed by atoms with E-state index in [1.54, 1.807) is 12.3 Å². The molecular weight excluding hydrogens is 783 g/mol. The van der Waals surface area contributed by atoms with Crippen LogP contribution in [0.2, 0.25) is 0 Å². The SMILES string of the molecule is CN(C)CCNC(=O)C1CCN(c2ccc(N/C=C3\C(=O)NC(=O)c4ccc(I)cc43)cc2)CC1.O=C(O)C(F)(F)F.O=C(O)C(F)(F)F. The summed E-state index contributed by atoms with van der Waals surface area (Å²) < 4.78 is 64.4. The lowest BCUT2D eigenvalue weighted by Crippen LogP contribution is -2.42. The predicted octanol–water partition coefficient (Wildman–Crippen LogP) is 4.18. The standard InChI is InChI=1S/C26H30IN5O3.2C2HF3O2/c1-31(2)14-11-28-24(33)17-9-12-32(13-10-17)20-6-4-19(5-7-20)29-16-23-22-15-18(27)3-8-21(22)25(34)30-26(23)35;2*3-2(4,5)1(6)7/h3-8,15-17,29H,9-14H2,1-2H3,(H,28,33)(H,30,34,35);2*(H,6,7)/b23-16-;;. The molecule has 12 nitrogen and oxygen atoms in total. The van der Waals surface area contributed by atoms with Gasteiger partial charge in [0.25, 0.3) is 11.8 Å². The van der Waals surface area contributed by atoms with E-state index in [0.717, 1.165) is 47.4 Å². The van der Waals surface area contributed by atoms with Crippen molar-refractivity contribution in [3.8, 4) is 0 Å². The number of carboxylic acids is 2. The molecule has 0 atom stereocenters. The lowest BCUT2D eigenvalue weighted by molar-refractivity contribution is -0.193. The minimum absolute atomic E-state index is 0.0698. The van der Waals surface area contributed by atoms with E-state index < -0.39 is 30.2 Å². The summed E-state index contributed by atoms with van der Waals surface area (Å²) >= 11 is 2.17. The van der Waals surface area contributed by atoms with Crippen LogP contribution >= 0.6 is 22.6 Å². The van der Waals surface area contributed by atoms with Crippen molar-refractivity contribution in [2.24, 2.45) is 5.92 Å². The van der Waals surface area contributed by atoms with E-state index in [4.69, 9.17) is 19.8 Å². The molecule has 1 fully saturated rings. The van der Waals surface area contributed by atoms with Crippen LogP contribution in [0.15, 0.2) is 48.7 Å². The van der Waals surface area contributed by atoms with Gasteiger partial charge in [-0.25, -0.2) is 9.59 Å². The third-order valence-electron chi connectivity index (χ3n) is 6.81. The number of benzene rings is 2. The van der Waals surface area contributed by atoms with Crippen LogP contribution in [0.25, 0.3) is 5.57 Å². The van der Waals surface area contributed by atoms with Crippen molar-refractivity contribution in [3.63, 3.8) is 0 Å². The van der Waals surface area contributed by atoms with Crippen molar-refractivity contribution in [1.82, 2.24) is 15.5 Å². The third kappa shape index (κ3) is 13.2. The Morgan fingerprint density at radius 3 is 1.94 bits per heavy atom. The minimum atomic E-state index is -5.08. The molecule has 0 spiro atoms. The second kappa shape index (κ2) is 17.8. The van der Waals surface area contributed by atoms with Gasteiger partial charge in [-0.05, 0) is 92.0 Å². The summed E-state index contributed by atoms with van der Waals surface area (Å²) in [4.78, 5) is 59.1. The molecule has 4 rings (SSSR count). The predicted molar refractivity (Wildman–Crippen MR) is 174 cm³/mol. The molecule has 2 heterocycles. The summed E-state index contributed by atoms with van der Waals surface area (Å²) in [5.74, 6) is -6.08. The Bertz CT molecular complexity index is 1520. The molecule has 0 aliphatic carbocycles. The summed E-state index contributed by atoms with van der Waals surface area (Å²) in [6, 6.07) is 13.4. The average Bonchev–Trinajstić information content (AvgIpc) is 3.00. The van der Waals surface area contributed by atoms with Crippen LogP contribution in [-0.4, -0.2) is 97.4 Å². The van der Waals surface area contributed by atoms with Gasteiger partial charge in [0.05, 0.1) is 5.57 Å². The molecule has 5 N–H and O–H groups in total. The number of piperidine rings is 1. The lowest BCUT2D eigenvalue weighted by Gasteiger charge is -2.33. The first-order valence-corrected chi connectivity index (χ1v) is 15.3. The average molecular weight is 816 g/mol. The van der Waals surface area contributed by atoms with Crippen molar-refractivity contribution in [3.05, 3.63) is 63.4 Å². The third-order valence-corrected chi connectivity index (χ3v) is 7.48. The quantitative estimate of drug-likeness (QED) is 0.119. The van der Waals surface area contributed by atoms with Gasteiger partial charge in [-0.15, -0.1) is 0 Å². The largest absolute Gasteiger partial charge is 0.490 e. The van der Waals surface area contributed by atoms with Crippen LogP contribution in [0.1, 0.15) is 28.8 Å². The van der Waals surface area contributed by atoms with Crippen molar-refractivity contribution in [1.29, 1.82) is 0 Å². The monoisotopic (exact) mass is 815 g/mol. The van der Waals surface area contributed by atoms with Crippen molar-refractivity contribution >= 4 is 69.2 Å². The van der Waals surface area contributed by atoms with Gasteiger partial charge in [-0.1, -0.05) is 0 Å². The van der Waals surface area contributed by atoms with Crippen LogP contribution in [0.5, 0.6) is 0 Å². The first kappa shape index (κ1) is 40.8. The smallest absolute Gasteiger partial charge is 0.475 e. The second-order valence-corrected chi connectivity index (χ2v) is 11.9. The number of alkyl halides is 6. The highest BCUT2D eigenvalue weighted by atomic mass is 127. The van der Waals surface area contributed by atoms with Crippen molar-refractivity contribution < 1.29 is 60.5 Å². The number of rotatable bonds is 7. The molecule has 49 heavy (non-hydrogen) atoms. The molecule has 2 aliphatic heterocycles. The summed E-state index contributed by atoms with van der Waals surface area (Å²) in [6.45, 7) is 3.20. The molecule has 1 saturated heterocycles. The molecule has 0 bridgehead atoms. The number of carboxylic acid groups (broad SMARTS) is 2. The Hall–Kier alpha value is -4.40. The second-order valence-electron chi connectivity index (χ2n) is 10.7. The number of fused-ring (bicyclic) bond motifs is 1. The zero-order valence-corrected chi connectivity index (χ0v) is 28.1. The molecule has 0 unspecified atom stereocenters. The van der Waals surface area contributed by atoms with Crippen LogP contribution in [0, 0.1) is 9.49 Å². The fourth-order valence-electron chi connectivity index (χ4n) is 4.31. The molecule has 2 aromatic carbocycles. The zero-order chi connectivity index (χ0) is 37.1. The summed E-state index contributed by atoms with van der Waals surface area (Å²) in [5, 5.41) is 22.9. The molecule has 0 saturated carbocycles. The number of amides is 3. The number of nitrogens with one attached hydrogen (secondary N) is 3. The van der Waals surface area contributed by atoms with Gasteiger partial charge in [0.15, 0.2) is 0 Å². The maximum Gasteiger partial charge on any atom is 0.490 e. The number of halogens is 7.